The molecule has 3 saturated heterocycles. The highest BCUT2D eigenvalue weighted by molar-refractivity contribution is 5.04. The van der Waals surface area contributed by atoms with Crippen molar-refractivity contribution in [2.75, 3.05) is 45.0 Å². The van der Waals surface area contributed by atoms with Gasteiger partial charge in [-0.2, -0.15) is 5.21 Å². The van der Waals surface area contributed by atoms with E-state index in [2.05, 4.69) is 25.5 Å². The van der Waals surface area contributed by atoms with Crippen molar-refractivity contribution < 1.29 is 4.90 Å². The molecular weight excluding hydrogens is 182 g/mol. The highest BCUT2D eigenvalue weighted by Crippen LogP contribution is 1.91. The minimum Gasteiger partial charge on any atom is -0.430 e. The number of rotatable bonds is 0. The average molecular weight is 197 g/mol. The molecule has 2 bridgehead atoms. The number of hydrogen-bond acceptors (Lipinski definition) is 5. The molecule has 7 heteroatoms. The SMILES string of the molecule is C1C[NH+]2CCN1CC2.Nc1nnn[n-]1. The maximum Gasteiger partial charge on any atom is 0.0924 e. The lowest BCUT2D eigenvalue weighted by Crippen LogP contribution is -3.17. The number of fused-ring (bicyclic) bond motifs is 3. The van der Waals surface area contributed by atoms with Gasteiger partial charge in [-0.15, -0.1) is 5.21 Å². The van der Waals surface area contributed by atoms with Crippen molar-refractivity contribution in [3.63, 3.8) is 0 Å². The first kappa shape index (κ1) is 9.35. The zero-order valence-electron chi connectivity index (χ0n) is 8.06. The average Bonchev–Trinajstić information content (AvgIpc) is 2.73. The van der Waals surface area contributed by atoms with E-state index in [1.54, 1.807) is 0 Å². The van der Waals surface area contributed by atoms with E-state index in [-0.39, 0.29) is 5.95 Å². The third-order valence-corrected chi connectivity index (χ3v) is 2.68. The molecular formula is C7H15N7. The van der Waals surface area contributed by atoms with Crippen molar-refractivity contribution in [3.05, 3.63) is 0 Å². The molecule has 1 aromatic heterocycles. The van der Waals surface area contributed by atoms with E-state index in [1.165, 1.54) is 39.3 Å². The van der Waals surface area contributed by atoms with Crippen LogP contribution in [0.15, 0.2) is 0 Å². The molecule has 4 heterocycles. The van der Waals surface area contributed by atoms with Gasteiger partial charge in [0.2, 0.25) is 0 Å². The molecule has 3 aliphatic heterocycles. The van der Waals surface area contributed by atoms with Crippen LogP contribution in [0.3, 0.4) is 0 Å². The van der Waals surface area contributed by atoms with E-state index >= 15 is 0 Å². The van der Waals surface area contributed by atoms with Gasteiger partial charge in [0.15, 0.2) is 0 Å². The van der Waals surface area contributed by atoms with E-state index in [0.29, 0.717) is 0 Å². The molecule has 78 valence electrons. The molecule has 0 unspecified atom stereocenters. The van der Waals surface area contributed by atoms with Crippen LogP contribution in [0.5, 0.6) is 0 Å². The van der Waals surface area contributed by atoms with Gasteiger partial charge < -0.3 is 10.6 Å². The highest BCUT2D eigenvalue weighted by Gasteiger charge is 2.25. The van der Waals surface area contributed by atoms with Crippen LogP contribution >= 0.6 is 0 Å². The van der Waals surface area contributed by atoms with Crippen molar-refractivity contribution >= 4 is 5.95 Å². The number of nitrogens with one attached hydrogen (secondary N) is 1. The summed E-state index contributed by atoms with van der Waals surface area (Å²) >= 11 is 0. The number of hydrogen-bond donors (Lipinski definition) is 2. The Labute approximate surface area is 82.2 Å². The molecule has 7 nitrogen and oxygen atoms in total. The molecule has 0 saturated carbocycles. The number of nitrogens with two attached hydrogens (primary N) is 1. The van der Waals surface area contributed by atoms with E-state index in [0.717, 1.165) is 0 Å². The summed E-state index contributed by atoms with van der Waals surface area (Å²) in [5.41, 5.74) is 4.93. The van der Waals surface area contributed by atoms with Gasteiger partial charge in [0.05, 0.1) is 25.6 Å². The van der Waals surface area contributed by atoms with Crippen molar-refractivity contribution in [3.8, 4) is 0 Å². The summed E-state index contributed by atoms with van der Waals surface area (Å²) in [7, 11) is 0. The Morgan fingerprint density at radius 1 is 1.21 bits per heavy atom. The number of nitrogens with zero attached hydrogens (tertiary/aromatic N) is 5. The smallest absolute Gasteiger partial charge is 0.0924 e. The number of anilines is 1. The molecule has 3 aliphatic rings. The first-order valence-corrected chi connectivity index (χ1v) is 4.85. The summed E-state index contributed by atoms with van der Waals surface area (Å²) in [5, 5.41) is 12.6. The maximum atomic E-state index is 4.93. The van der Waals surface area contributed by atoms with Gasteiger partial charge in [-0.3, -0.25) is 10.00 Å². The van der Waals surface area contributed by atoms with Gasteiger partial charge in [-0.1, -0.05) is 0 Å². The lowest BCUT2D eigenvalue weighted by Gasteiger charge is -2.38. The zero-order valence-corrected chi connectivity index (χ0v) is 8.06. The molecule has 1 aromatic rings. The van der Waals surface area contributed by atoms with E-state index in [9.17, 15) is 0 Å². The topological polar surface area (TPSA) is 86.5 Å². The van der Waals surface area contributed by atoms with Gasteiger partial charge in [0, 0.05) is 19.6 Å². The van der Waals surface area contributed by atoms with Crippen LogP contribution in [0.1, 0.15) is 0 Å². The zero-order chi connectivity index (χ0) is 9.80. The van der Waals surface area contributed by atoms with E-state index in [1.807, 2.05) is 4.90 Å². The molecule has 0 amide bonds. The number of quaternary nitrogens is 1. The normalized spacial score (nSPS) is 29.4. The fourth-order valence-corrected chi connectivity index (χ4v) is 1.81. The summed E-state index contributed by atoms with van der Waals surface area (Å²) in [6.45, 7) is 8.28. The molecule has 0 aliphatic carbocycles. The summed E-state index contributed by atoms with van der Waals surface area (Å²) < 4.78 is 0. The Hall–Kier alpha value is -1.21. The minimum absolute atomic E-state index is 0.120. The summed E-state index contributed by atoms with van der Waals surface area (Å²) in [5.74, 6) is 0.120. The minimum atomic E-state index is 0.120. The largest absolute Gasteiger partial charge is 0.430 e. The number of nitrogen functional groups attached to an aromatic ring is 1. The fourth-order valence-electron chi connectivity index (χ4n) is 1.81. The Bertz CT molecular complexity index is 228. The standard InChI is InChI=1S/C6H12N2.CH2N5/c1-2-8-5-3-7(1)4-6-8;2-1-3-5-6-4-1/h1-6H2;(H2-,2,3,4,5,6)/q;-1/p+1. The van der Waals surface area contributed by atoms with Crippen molar-refractivity contribution in [1.29, 1.82) is 0 Å². The van der Waals surface area contributed by atoms with Gasteiger partial charge in [0.25, 0.3) is 0 Å². The number of piperazine rings is 3. The monoisotopic (exact) mass is 197 g/mol. The van der Waals surface area contributed by atoms with Crippen molar-refractivity contribution in [1.82, 2.24) is 25.5 Å². The molecule has 3 N–H and O–H groups in total. The second kappa shape index (κ2) is 4.34. The molecule has 3 fully saturated rings. The Kier molecular flexibility index (Phi) is 2.90. The first-order valence-electron chi connectivity index (χ1n) is 4.85. The van der Waals surface area contributed by atoms with Crippen LogP contribution < -0.4 is 15.7 Å². The molecule has 0 spiro atoms. The van der Waals surface area contributed by atoms with E-state index in [4.69, 9.17) is 5.73 Å². The van der Waals surface area contributed by atoms with Crippen LogP contribution in [0.2, 0.25) is 0 Å². The Balaban J connectivity index is 0.000000112. The molecule has 14 heavy (non-hydrogen) atoms. The van der Waals surface area contributed by atoms with Crippen molar-refractivity contribution in [2.24, 2.45) is 0 Å². The second-order valence-corrected chi connectivity index (χ2v) is 3.58. The lowest BCUT2D eigenvalue weighted by molar-refractivity contribution is -0.914. The number of tetrazole rings is 1. The third kappa shape index (κ3) is 2.39. The molecule has 0 radical (unpaired) electrons. The van der Waals surface area contributed by atoms with Gasteiger partial charge in [-0.05, 0) is 0 Å². The lowest BCUT2D eigenvalue weighted by atomic mass is 10.2. The molecule has 0 atom stereocenters. The maximum absolute atomic E-state index is 4.93. The predicted molar refractivity (Wildman–Crippen MR) is 49.6 cm³/mol. The summed E-state index contributed by atoms with van der Waals surface area (Å²) in [6, 6.07) is 0. The number of aromatic nitrogens is 4. The van der Waals surface area contributed by atoms with E-state index < -0.39 is 0 Å². The summed E-state index contributed by atoms with van der Waals surface area (Å²) in [6.07, 6.45) is 0. The van der Waals surface area contributed by atoms with Crippen LogP contribution in [0.25, 0.3) is 0 Å². The summed E-state index contributed by atoms with van der Waals surface area (Å²) in [4.78, 5) is 4.39. The Morgan fingerprint density at radius 3 is 2.00 bits per heavy atom. The highest BCUT2D eigenvalue weighted by atomic mass is 15.5. The molecule has 4 rings (SSSR count). The van der Waals surface area contributed by atoms with Crippen LogP contribution in [-0.2, 0) is 0 Å². The van der Waals surface area contributed by atoms with Crippen molar-refractivity contribution in [2.45, 2.75) is 0 Å². The fraction of sp³-hybridized carbons (Fsp3) is 0.857. The first-order chi connectivity index (χ1) is 6.84. The van der Waals surface area contributed by atoms with Gasteiger partial charge in [-0.25, -0.2) is 5.10 Å². The van der Waals surface area contributed by atoms with Crippen LogP contribution in [0, 0.1) is 0 Å². The Morgan fingerprint density at radius 2 is 1.86 bits per heavy atom. The van der Waals surface area contributed by atoms with Gasteiger partial charge in [0.1, 0.15) is 0 Å². The quantitative estimate of drug-likeness (QED) is 0.451. The van der Waals surface area contributed by atoms with Crippen LogP contribution in [0.4, 0.5) is 5.95 Å². The predicted octanol–water partition coefficient (Wildman–Crippen LogP) is -3.39. The van der Waals surface area contributed by atoms with Gasteiger partial charge >= 0.3 is 0 Å². The molecule has 0 aromatic carbocycles. The second-order valence-electron chi connectivity index (χ2n) is 3.58. The third-order valence-electron chi connectivity index (χ3n) is 2.68. The van der Waals surface area contributed by atoms with Crippen LogP contribution in [-0.4, -0.2) is 59.7 Å².